The molecule has 0 saturated heterocycles. The summed E-state index contributed by atoms with van der Waals surface area (Å²) >= 11 is 0. The summed E-state index contributed by atoms with van der Waals surface area (Å²) in [7, 11) is 7.46. The molecule has 7 amide bonds. The summed E-state index contributed by atoms with van der Waals surface area (Å²) in [5.41, 5.74) is 3.39. The number of quaternary nitrogens is 1. The summed E-state index contributed by atoms with van der Waals surface area (Å²) in [6.07, 6.45) is 1.86. The number of phenolic OH excluding ortho intramolecular Hbond substituents is 4. The van der Waals surface area contributed by atoms with Crippen LogP contribution in [0.25, 0.3) is 22.0 Å². The van der Waals surface area contributed by atoms with Crippen molar-refractivity contribution in [2.45, 2.75) is 61.9 Å². The van der Waals surface area contributed by atoms with Gasteiger partial charge in [-0.05, 0) is 123 Å². The van der Waals surface area contributed by atoms with Gasteiger partial charge >= 0.3 is 0 Å². The number of aromatic amines is 1. The summed E-state index contributed by atoms with van der Waals surface area (Å²) in [4.78, 5) is 110. The van der Waals surface area contributed by atoms with E-state index in [2.05, 4.69) is 36.9 Å². The van der Waals surface area contributed by atoms with Gasteiger partial charge in [0.05, 0.1) is 34.1 Å². The maximum atomic E-state index is 15.8. The van der Waals surface area contributed by atoms with Crippen molar-refractivity contribution in [3.8, 4) is 57.1 Å². The number of H-pyrrole nitrogens is 1. The lowest BCUT2D eigenvalue weighted by Gasteiger charge is -2.33. The van der Waals surface area contributed by atoms with Crippen LogP contribution in [-0.4, -0.2) is 130 Å². The predicted molar refractivity (Wildman–Crippen MR) is 326 cm³/mol. The Bertz CT molecular complexity index is 4050. The van der Waals surface area contributed by atoms with E-state index in [4.69, 9.17) is 9.47 Å². The average Bonchev–Trinajstić information content (AvgIpc) is 2.22. The fraction of sp³-hybridized carbons (Fsp3) is 0.239. The van der Waals surface area contributed by atoms with Crippen LogP contribution >= 0.6 is 0 Å². The second kappa shape index (κ2) is 24.8. The van der Waals surface area contributed by atoms with E-state index in [0.29, 0.717) is 44.1 Å². The zero-order chi connectivity index (χ0) is 62.8. The topological polar surface area (TPSA) is 310 Å². The molecule has 22 heteroatoms. The van der Waals surface area contributed by atoms with Gasteiger partial charge in [-0.2, -0.15) is 0 Å². The van der Waals surface area contributed by atoms with Gasteiger partial charge in [0.15, 0.2) is 23.0 Å². The normalized spacial score (nSPS) is 19.6. The Kier molecular flexibility index (Phi) is 16.7. The van der Waals surface area contributed by atoms with Gasteiger partial charge in [-0.25, -0.2) is 0 Å². The van der Waals surface area contributed by atoms with E-state index in [1.165, 1.54) is 103 Å². The highest BCUT2D eigenvalue weighted by Gasteiger charge is 2.39. The minimum atomic E-state index is -1.82. The standard InChI is InChI=1S/C67H65N9O13/c1-75-52-28-36-8-20-46(21-9-36)89-55-34-42-30-49(61(55)81)40-14-24-48-43(35-69-50(48)31-40)32-51(70-56(80)29-37-6-16-44(77)17-7-37)62(82)71-57(38-10-18-45(78)19-11-38)65(85)73-59(42)66(86)74-60(67(75)87)39-12-22-47(23-13-39)88-54-33-41(15-25-53(54)79)58(72-63(52)83)64(84)68-26-5-27-76(2,3)4/h6-25,30-31,33-35,51-52,57-60,69H,5,26-29,32H2,1-4H3,(H9-,68,70,71,72,73,74,77,78,79,80,81,82,83,84,85,86)/p+1/t51-,52+,57-,58-,59-,60-/m1/s1. The highest BCUT2D eigenvalue weighted by molar-refractivity contribution is 6.00. The van der Waals surface area contributed by atoms with Crippen molar-refractivity contribution in [2.75, 3.05) is 41.3 Å². The summed E-state index contributed by atoms with van der Waals surface area (Å²) < 4.78 is 13.3. The number of likely N-dealkylation sites (N-methyl/N-ethyl adjacent to an activating group) is 1. The SMILES string of the molecule is CN1C(=O)[C@@H]2NC(=O)[C@@H]3NC(=O)[C@@H](c4ccc(O)cc4)NC(=O)[C@H](NC(=O)Cc4ccc(O)cc4)Cc4c[nH]c5cc(ccc45)-c4cc3cc(c4O)Oc3ccc(cc3)C[C@H]1C(=O)N[C@@H](C(=O)NCCC[N+](C)(C)C)c1ccc(O)c(c1)Oc1ccc2cc1. The molecular formula is C67H66N9O13+. The van der Waals surface area contributed by atoms with Crippen molar-refractivity contribution < 1.29 is 67.9 Å². The number of amides is 7. The Morgan fingerprint density at radius 3 is 1.91 bits per heavy atom. The van der Waals surface area contributed by atoms with Crippen molar-refractivity contribution in [3.05, 3.63) is 191 Å². The van der Waals surface area contributed by atoms with Gasteiger partial charge < -0.3 is 76.2 Å². The zero-order valence-electron chi connectivity index (χ0n) is 49.0. The average molecular weight is 1210 g/mol. The first-order valence-corrected chi connectivity index (χ1v) is 28.9. The first kappa shape index (κ1) is 59.8. The van der Waals surface area contributed by atoms with Crippen LogP contribution < -0.4 is 41.4 Å². The molecule has 6 atom stereocenters. The number of hydrogen-bond donors (Lipinski definition) is 11. The molecule has 0 fully saturated rings. The van der Waals surface area contributed by atoms with Gasteiger partial charge in [-0.15, -0.1) is 0 Å². The first-order valence-electron chi connectivity index (χ1n) is 28.9. The number of aromatic hydroxyl groups is 4. The number of rotatable bonds is 9. The van der Waals surface area contributed by atoms with Crippen LogP contribution in [0.15, 0.2) is 152 Å². The number of nitrogens with one attached hydrogen (secondary N) is 7. The maximum Gasteiger partial charge on any atom is 0.250 e. The molecule has 0 radical (unpaired) electrons. The zero-order valence-corrected chi connectivity index (χ0v) is 49.0. The molecule has 89 heavy (non-hydrogen) atoms. The molecule has 0 aliphatic carbocycles. The summed E-state index contributed by atoms with van der Waals surface area (Å²) in [6, 6.07) is 27.1. The molecule has 22 nitrogen and oxygen atoms in total. The van der Waals surface area contributed by atoms with Crippen LogP contribution in [0.1, 0.15) is 69.5 Å². The quantitative estimate of drug-likeness (QED) is 0.0570. The Hall–Kier alpha value is -10.9. The smallest absolute Gasteiger partial charge is 0.250 e. The molecule has 15 bridgehead atoms. The third-order valence-corrected chi connectivity index (χ3v) is 16.1. The van der Waals surface area contributed by atoms with Crippen molar-refractivity contribution in [1.82, 2.24) is 41.8 Å². The lowest BCUT2D eigenvalue weighted by atomic mass is 9.94. The van der Waals surface area contributed by atoms with Gasteiger partial charge in [0.2, 0.25) is 41.4 Å². The number of ether oxygens (including phenoxy) is 2. The second-order valence-corrected chi connectivity index (χ2v) is 23.5. The van der Waals surface area contributed by atoms with Crippen LogP contribution in [0, 0.1) is 0 Å². The van der Waals surface area contributed by atoms with Crippen molar-refractivity contribution in [1.29, 1.82) is 0 Å². The van der Waals surface area contributed by atoms with E-state index < -0.39 is 77.6 Å². The second-order valence-electron chi connectivity index (χ2n) is 23.5. The Balaban J connectivity index is 1.05. The van der Waals surface area contributed by atoms with Gasteiger partial charge in [0.25, 0.3) is 0 Å². The third-order valence-electron chi connectivity index (χ3n) is 16.1. The largest absolute Gasteiger partial charge is 0.508 e. The van der Waals surface area contributed by atoms with Crippen molar-refractivity contribution in [3.63, 3.8) is 0 Å². The van der Waals surface area contributed by atoms with Gasteiger partial charge in [0, 0.05) is 55.5 Å². The number of carbonyl (C=O) groups is 7. The molecule has 0 spiro atoms. The Labute approximate surface area is 511 Å². The van der Waals surface area contributed by atoms with Crippen molar-refractivity contribution >= 4 is 52.3 Å². The molecule has 7 heterocycles. The Morgan fingerprint density at radius 2 is 1.21 bits per heavy atom. The highest BCUT2D eigenvalue weighted by Crippen LogP contribution is 2.44. The van der Waals surface area contributed by atoms with Crippen LogP contribution in [0.5, 0.6) is 46.0 Å². The first-order chi connectivity index (χ1) is 42.6. The molecular weight excluding hydrogens is 1140 g/mol. The molecule has 456 valence electrons. The number of fused-ring (bicyclic) bond motifs is 14. The van der Waals surface area contributed by atoms with Gasteiger partial charge in [0.1, 0.15) is 59.2 Å². The number of phenols is 4. The summed E-state index contributed by atoms with van der Waals surface area (Å²) in [5.74, 6) is -6.19. The summed E-state index contributed by atoms with van der Waals surface area (Å²) in [6.45, 7) is 0.985. The third kappa shape index (κ3) is 13.4. The van der Waals surface area contributed by atoms with Gasteiger partial charge in [-0.3, -0.25) is 33.6 Å². The lowest BCUT2D eigenvalue weighted by Crippen LogP contribution is -2.55. The van der Waals surface area contributed by atoms with E-state index in [0.717, 1.165) is 6.54 Å². The molecule has 0 unspecified atom stereocenters. The Morgan fingerprint density at radius 1 is 0.618 bits per heavy atom. The maximum absolute atomic E-state index is 15.8. The molecule has 0 saturated carbocycles. The van der Waals surface area contributed by atoms with Crippen LogP contribution in [0.4, 0.5) is 0 Å². The van der Waals surface area contributed by atoms with E-state index in [-0.39, 0.29) is 99.6 Å². The molecule has 11 N–H and O–H groups in total. The van der Waals surface area contributed by atoms with Crippen LogP contribution in [-0.2, 0) is 52.8 Å². The molecule has 1 aromatic heterocycles. The van der Waals surface area contributed by atoms with Gasteiger partial charge in [-0.1, -0.05) is 66.7 Å². The number of hydrogen-bond acceptors (Lipinski definition) is 13. The molecule has 6 aliphatic rings. The van der Waals surface area contributed by atoms with E-state index in [1.54, 1.807) is 60.8 Å². The predicted octanol–water partition coefficient (Wildman–Crippen LogP) is 6.16. The molecule has 7 aromatic carbocycles. The van der Waals surface area contributed by atoms with Crippen LogP contribution in [0.2, 0.25) is 0 Å². The summed E-state index contributed by atoms with van der Waals surface area (Å²) in [5, 5.41) is 61.7. The minimum absolute atomic E-state index is 0.00487. The number of benzene rings is 7. The lowest BCUT2D eigenvalue weighted by molar-refractivity contribution is -0.870. The molecule has 6 aliphatic heterocycles. The minimum Gasteiger partial charge on any atom is -0.508 e. The van der Waals surface area contributed by atoms with E-state index >= 15 is 19.2 Å². The molecule has 14 rings (SSSR count). The van der Waals surface area contributed by atoms with E-state index in [9.17, 15) is 34.8 Å². The fourth-order valence-corrected chi connectivity index (χ4v) is 11.2. The monoisotopic (exact) mass is 1200 g/mol. The fourth-order valence-electron chi connectivity index (χ4n) is 11.2. The number of carbonyl (C=O) groups excluding carboxylic acids is 7. The molecule has 8 aromatic rings. The van der Waals surface area contributed by atoms with Crippen LogP contribution in [0.3, 0.4) is 0 Å². The van der Waals surface area contributed by atoms with E-state index in [1.807, 2.05) is 21.1 Å². The van der Waals surface area contributed by atoms with Crippen molar-refractivity contribution in [2.24, 2.45) is 0 Å². The highest BCUT2D eigenvalue weighted by atomic mass is 16.5. The number of nitrogens with zero attached hydrogens (tertiary/aromatic N) is 2. The number of aromatic nitrogens is 1.